The van der Waals surface area contributed by atoms with Gasteiger partial charge in [0.25, 0.3) is 0 Å². The van der Waals surface area contributed by atoms with Gasteiger partial charge in [-0.05, 0) is 61.2 Å². The van der Waals surface area contributed by atoms with Crippen LogP contribution in [0.5, 0.6) is 0 Å². The Morgan fingerprint density at radius 1 is 1.26 bits per heavy atom. The molecule has 3 fully saturated rings. The number of hydrogen-bond donors (Lipinski definition) is 0. The molecule has 0 heterocycles. The van der Waals surface area contributed by atoms with Crippen LogP contribution in [0.2, 0.25) is 0 Å². The average molecular weight is 309 g/mol. The molecule has 0 saturated heterocycles. The molecular weight excluding hydrogens is 282 g/mol. The maximum atomic E-state index is 13.2. The number of Topliss-reactive ketones (excluding diaryl/α,β-unsaturated/α-hetero) is 1. The molecule has 0 aromatic carbocycles. The van der Waals surface area contributed by atoms with Gasteiger partial charge in [0.2, 0.25) is 0 Å². The molecule has 0 aliphatic heterocycles. The third kappa shape index (κ3) is 1.95. The van der Waals surface area contributed by atoms with E-state index in [1.807, 2.05) is 0 Å². The van der Waals surface area contributed by atoms with Crippen LogP contribution in [-0.2, 0) is 4.79 Å². The summed E-state index contributed by atoms with van der Waals surface area (Å²) in [5, 5.41) is 9.10. The summed E-state index contributed by atoms with van der Waals surface area (Å²) in [4.78, 5) is 13.2. The largest absolute Gasteiger partial charge is 0.299 e. The summed E-state index contributed by atoms with van der Waals surface area (Å²) >= 11 is 0. The fourth-order valence-corrected chi connectivity index (χ4v) is 6.69. The number of allylic oxidation sites excluding steroid dienone is 4. The Morgan fingerprint density at radius 2 is 2.09 bits per heavy atom. The molecule has 0 aromatic heterocycles. The van der Waals surface area contributed by atoms with Gasteiger partial charge < -0.3 is 0 Å². The van der Waals surface area contributed by atoms with Crippen molar-refractivity contribution in [1.29, 1.82) is 5.26 Å². The van der Waals surface area contributed by atoms with Crippen LogP contribution >= 0.6 is 0 Å². The number of hydrogen-bond acceptors (Lipinski definition) is 2. The van der Waals surface area contributed by atoms with Crippen molar-refractivity contribution in [3.05, 3.63) is 23.3 Å². The maximum Gasteiger partial charge on any atom is 0.138 e. The molecule has 122 valence electrons. The Balaban J connectivity index is 1.76. The minimum Gasteiger partial charge on any atom is -0.299 e. The molecule has 0 aromatic rings. The number of carbonyl (C=O) groups is 1. The second kappa shape index (κ2) is 5.07. The van der Waals surface area contributed by atoms with E-state index in [0.29, 0.717) is 24.0 Å². The smallest absolute Gasteiger partial charge is 0.138 e. The van der Waals surface area contributed by atoms with Crippen molar-refractivity contribution in [2.75, 3.05) is 0 Å². The van der Waals surface area contributed by atoms with Gasteiger partial charge in [0.05, 0.1) is 6.07 Å². The molecule has 0 N–H and O–H groups in total. The van der Waals surface area contributed by atoms with Crippen molar-refractivity contribution >= 4 is 5.78 Å². The highest BCUT2D eigenvalue weighted by Crippen LogP contribution is 2.64. The summed E-state index contributed by atoms with van der Waals surface area (Å²) in [6.07, 6.45) is 13.1. The topological polar surface area (TPSA) is 40.9 Å². The normalized spacial score (nSPS) is 47.3. The van der Waals surface area contributed by atoms with Crippen LogP contribution in [0.15, 0.2) is 23.3 Å². The van der Waals surface area contributed by atoms with Gasteiger partial charge in [0, 0.05) is 18.4 Å². The third-order valence-corrected chi connectivity index (χ3v) is 7.80. The van der Waals surface area contributed by atoms with E-state index in [0.717, 1.165) is 19.3 Å². The van der Waals surface area contributed by atoms with E-state index < -0.39 is 0 Å². The summed E-state index contributed by atoms with van der Waals surface area (Å²) in [5.74, 6) is 1.80. The molecule has 2 nitrogen and oxygen atoms in total. The van der Waals surface area contributed by atoms with Gasteiger partial charge in [-0.1, -0.05) is 37.5 Å². The van der Waals surface area contributed by atoms with Crippen molar-refractivity contribution in [2.24, 2.45) is 28.6 Å². The van der Waals surface area contributed by atoms with E-state index in [1.165, 1.54) is 31.3 Å². The zero-order valence-corrected chi connectivity index (χ0v) is 14.4. The van der Waals surface area contributed by atoms with Crippen molar-refractivity contribution < 1.29 is 4.79 Å². The first-order valence-corrected chi connectivity index (χ1v) is 9.32. The predicted molar refractivity (Wildman–Crippen MR) is 90.4 cm³/mol. The molecule has 0 bridgehead atoms. The average Bonchev–Trinajstić information content (AvgIpc) is 2.83. The Bertz CT molecular complexity index is 651. The van der Waals surface area contributed by atoms with Crippen LogP contribution in [0.1, 0.15) is 65.2 Å². The van der Waals surface area contributed by atoms with Crippen LogP contribution < -0.4 is 0 Å². The second-order valence-electron chi connectivity index (χ2n) is 8.74. The van der Waals surface area contributed by atoms with E-state index >= 15 is 0 Å². The molecule has 5 atom stereocenters. The minimum absolute atomic E-state index is 0.0512. The quantitative estimate of drug-likeness (QED) is 0.468. The highest BCUT2D eigenvalue weighted by Gasteiger charge is 2.60. The summed E-state index contributed by atoms with van der Waals surface area (Å²) in [6.45, 7) is 4.63. The maximum absolute atomic E-state index is 13.2. The van der Waals surface area contributed by atoms with E-state index in [4.69, 9.17) is 5.26 Å². The number of nitriles is 1. The Labute approximate surface area is 139 Å². The third-order valence-electron chi connectivity index (χ3n) is 7.80. The first-order valence-electron chi connectivity index (χ1n) is 9.32. The first kappa shape index (κ1) is 15.2. The van der Waals surface area contributed by atoms with Gasteiger partial charge in [-0.2, -0.15) is 5.26 Å². The standard InChI is InChI=1S/C21H27NO/c1-20-11-4-3-5-14(20)6-8-16-17-9-7-15(10-12-22)21(17,2)13-18(23)19(16)20/h6,10,16-17,19H,3-5,7-9,11,13H2,1-2H3/b15-10-/t16-,17?,19?,20?,21+/m0/s1. The summed E-state index contributed by atoms with van der Waals surface area (Å²) < 4.78 is 0. The Kier molecular flexibility index (Phi) is 3.34. The van der Waals surface area contributed by atoms with Gasteiger partial charge in [-0.25, -0.2) is 0 Å². The van der Waals surface area contributed by atoms with Crippen LogP contribution in [0.3, 0.4) is 0 Å². The molecule has 2 heteroatoms. The molecular formula is C21H27NO. The van der Waals surface area contributed by atoms with Crippen LogP contribution in [0.4, 0.5) is 0 Å². The summed E-state index contributed by atoms with van der Waals surface area (Å²) in [6, 6.07) is 2.22. The minimum atomic E-state index is -0.0512. The molecule has 4 aliphatic rings. The van der Waals surface area contributed by atoms with Crippen molar-refractivity contribution in [1.82, 2.24) is 0 Å². The van der Waals surface area contributed by atoms with E-state index in [1.54, 1.807) is 11.6 Å². The van der Waals surface area contributed by atoms with Crippen molar-refractivity contribution in [3.63, 3.8) is 0 Å². The SMILES string of the molecule is CC12CCCCC1=CC[C@@H]1C2C(=O)C[C@]2(C)/C(=C\C#N)CCC12. The molecule has 0 spiro atoms. The lowest BCUT2D eigenvalue weighted by Crippen LogP contribution is -2.53. The van der Waals surface area contributed by atoms with Gasteiger partial charge in [-0.3, -0.25) is 4.79 Å². The van der Waals surface area contributed by atoms with Crippen LogP contribution in [0.25, 0.3) is 0 Å². The number of carbonyl (C=O) groups excluding carboxylic acids is 1. The molecule has 3 saturated carbocycles. The molecule has 4 aliphatic carbocycles. The zero-order valence-electron chi connectivity index (χ0n) is 14.4. The highest BCUT2D eigenvalue weighted by molar-refractivity contribution is 5.85. The molecule has 0 radical (unpaired) electrons. The monoisotopic (exact) mass is 309 g/mol. The van der Waals surface area contributed by atoms with E-state index in [9.17, 15) is 4.79 Å². The Hall–Kier alpha value is -1.36. The van der Waals surface area contributed by atoms with Crippen LogP contribution in [-0.4, -0.2) is 5.78 Å². The lowest BCUT2D eigenvalue weighted by Gasteiger charge is -2.55. The molecule has 4 rings (SSSR count). The Morgan fingerprint density at radius 3 is 2.87 bits per heavy atom. The summed E-state index contributed by atoms with van der Waals surface area (Å²) in [7, 11) is 0. The van der Waals surface area contributed by atoms with Gasteiger partial charge in [0.1, 0.15) is 5.78 Å². The van der Waals surface area contributed by atoms with Gasteiger partial charge >= 0.3 is 0 Å². The number of nitrogens with zero attached hydrogens (tertiary/aromatic N) is 1. The number of rotatable bonds is 0. The van der Waals surface area contributed by atoms with E-state index in [-0.39, 0.29) is 16.7 Å². The van der Waals surface area contributed by atoms with E-state index in [2.05, 4.69) is 26.0 Å². The van der Waals surface area contributed by atoms with Crippen LogP contribution in [0, 0.1) is 39.9 Å². The fraction of sp³-hybridized carbons (Fsp3) is 0.714. The number of fused-ring (bicyclic) bond motifs is 5. The number of ketones is 1. The summed E-state index contributed by atoms with van der Waals surface area (Å²) in [5.41, 5.74) is 2.89. The molecule has 0 amide bonds. The van der Waals surface area contributed by atoms with Gasteiger partial charge in [-0.15, -0.1) is 0 Å². The van der Waals surface area contributed by atoms with Crippen molar-refractivity contribution in [2.45, 2.75) is 65.2 Å². The molecule has 3 unspecified atom stereocenters. The lowest BCUT2D eigenvalue weighted by molar-refractivity contribution is -0.140. The fourth-order valence-electron chi connectivity index (χ4n) is 6.69. The predicted octanol–water partition coefficient (Wildman–Crippen LogP) is 4.97. The lowest BCUT2D eigenvalue weighted by atomic mass is 9.47. The first-order chi connectivity index (χ1) is 11.0. The van der Waals surface area contributed by atoms with Gasteiger partial charge in [0.15, 0.2) is 0 Å². The molecule has 23 heavy (non-hydrogen) atoms. The second-order valence-corrected chi connectivity index (χ2v) is 8.74. The zero-order chi connectivity index (χ0) is 16.2. The highest BCUT2D eigenvalue weighted by atomic mass is 16.1. The van der Waals surface area contributed by atoms with Crippen molar-refractivity contribution in [3.8, 4) is 6.07 Å².